The molecule has 5 rings (SSSR count). The van der Waals surface area contributed by atoms with Crippen LogP contribution < -0.4 is 10.2 Å². The van der Waals surface area contributed by atoms with Gasteiger partial charge >= 0.3 is 0 Å². The third kappa shape index (κ3) is 3.96. The van der Waals surface area contributed by atoms with E-state index in [9.17, 15) is 5.11 Å². The largest absolute Gasteiger partial charge is 0.508 e. The van der Waals surface area contributed by atoms with Crippen LogP contribution in [0.2, 0.25) is 0 Å². The molecule has 4 heterocycles. The van der Waals surface area contributed by atoms with Gasteiger partial charge in [-0.05, 0) is 85.7 Å². The normalized spacial score (nSPS) is 17.9. The van der Waals surface area contributed by atoms with Crippen molar-refractivity contribution < 1.29 is 5.11 Å². The summed E-state index contributed by atoms with van der Waals surface area (Å²) in [5.41, 5.74) is 6.55. The Bertz CT molecular complexity index is 1270. The summed E-state index contributed by atoms with van der Waals surface area (Å²) in [4.78, 5) is 11.0. The Balaban J connectivity index is 1.62. The fourth-order valence-corrected chi connectivity index (χ4v) is 4.95. The Hall–Kier alpha value is -3.71. The second kappa shape index (κ2) is 8.67. The highest BCUT2D eigenvalue weighted by atomic mass is 32.1. The van der Waals surface area contributed by atoms with Crippen molar-refractivity contribution in [3.05, 3.63) is 107 Å². The van der Waals surface area contributed by atoms with Gasteiger partial charge in [0.05, 0.1) is 17.8 Å². The quantitative estimate of drug-likeness (QED) is 0.421. The highest BCUT2D eigenvalue weighted by Crippen LogP contribution is 2.43. The molecule has 0 amide bonds. The number of anilines is 1. The topological polar surface area (TPSA) is 66.2 Å². The Morgan fingerprint density at radius 2 is 1.85 bits per heavy atom. The van der Waals surface area contributed by atoms with Gasteiger partial charge in [-0.3, -0.25) is 9.97 Å². The summed E-state index contributed by atoms with van der Waals surface area (Å²) in [6.45, 7) is 5.04. The minimum Gasteiger partial charge on any atom is -0.508 e. The summed E-state index contributed by atoms with van der Waals surface area (Å²) in [5, 5.41) is 14.0. The van der Waals surface area contributed by atoms with E-state index in [0.29, 0.717) is 5.11 Å². The van der Waals surface area contributed by atoms with Gasteiger partial charge in [0.15, 0.2) is 5.11 Å². The predicted molar refractivity (Wildman–Crippen MR) is 133 cm³/mol. The molecule has 0 saturated carbocycles. The van der Waals surface area contributed by atoms with Crippen molar-refractivity contribution in [3.8, 4) is 5.75 Å². The van der Waals surface area contributed by atoms with E-state index in [1.807, 2.05) is 48.8 Å². The van der Waals surface area contributed by atoms with Gasteiger partial charge in [0.25, 0.3) is 0 Å². The van der Waals surface area contributed by atoms with E-state index in [2.05, 4.69) is 50.7 Å². The summed E-state index contributed by atoms with van der Waals surface area (Å²) >= 11 is 5.81. The molecule has 1 aliphatic rings. The monoisotopic (exact) mass is 455 g/mol. The third-order valence-corrected chi connectivity index (χ3v) is 6.54. The molecule has 0 spiro atoms. The Morgan fingerprint density at radius 1 is 1.03 bits per heavy atom. The Morgan fingerprint density at radius 3 is 2.55 bits per heavy atom. The van der Waals surface area contributed by atoms with Gasteiger partial charge in [-0.25, -0.2) is 0 Å². The number of thiocarbonyl (C=S) groups is 1. The van der Waals surface area contributed by atoms with E-state index in [-0.39, 0.29) is 17.8 Å². The van der Waals surface area contributed by atoms with Crippen molar-refractivity contribution in [2.75, 3.05) is 4.90 Å². The van der Waals surface area contributed by atoms with Crippen LogP contribution in [-0.4, -0.2) is 24.8 Å². The van der Waals surface area contributed by atoms with Gasteiger partial charge in [0, 0.05) is 42.2 Å². The molecular formula is C26H25N5OS. The fraction of sp³-hybridized carbons (Fsp3) is 0.192. The lowest BCUT2D eigenvalue weighted by Crippen LogP contribution is -2.29. The lowest BCUT2D eigenvalue weighted by atomic mass is 9.96. The average molecular weight is 456 g/mol. The van der Waals surface area contributed by atoms with Crippen molar-refractivity contribution in [1.29, 1.82) is 0 Å². The maximum Gasteiger partial charge on any atom is 0.174 e. The van der Waals surface area contributed by atoms with Crippen LogP contribution in [0.5, 0.6) is 5.75 Å². The van der Waals surface area contributed by atoms with Crippen LogP contribution in [0.4, 0.5) is 5.69 Å². The van der Waals surface area contributed by atoms with E-state index in [1.165, 1.54) is 17.0 Å². The number of phenolic OH excluding ortho intramolecular Hbond substituents is 1. The smallest absolute Gasteiger partial charge is 0.174 e. The molecule has 0 aliphatic carbocycles. The van der Waals surface area contributed by atoms with Gasteiger partial charge in [-0.15, -0.1) is 0 Å². The van der Waals surface area contributed by atoms with E-state index in [0.717, 1.165) is 23.5 Å². The van der Waals surface area contributed by atoms with Crippen LogP contribution in [-0.2, 0) is 6.54 Å². The molecule has 1 saturated heterocycles. The first kappa shape index (κ1) is 21.2. The number of nitrogens with zero attached hydrogens (tertiary/aromatic N) is 4. The Kier molecular flexibility index (Phi) is 5.56. The minimum atomic E-state index is -0.111. The van der Waals surface area contributed by atoms with E-state index in [1.54, 1.807) is 18.3 Å². The number of pyridine rings is 2. The van der Waals surface area contributed by atoms with Crippen molar-refractivity contribution >= 4 is 23.0 Å². The summed E-state index contributed by atoms with van der Waals surface area (Å²) in [5.74, 6) is 0.226. The number of aromatic nitrogens is 3. The van der Waals surface area contributed by atoms with Crippen molar-refractivity contribution in [3.63, 3.8) is 0 Å². The summed E-state index contributed by atoms with van der Waals surface area (Å²) in [6.07, 6.45) is 5.51. The average Bonchev–Trinajstić information content (AvgIpc) is 3.32. The summed E-state index contributed by atoms with van der Waals surface area (Å²) < 4.78 is 2.32. The molecule has 6 nitrogen and oxygen atoms in total. The molecule has 166 valence electrons. The summed E-state index contributed by atoms with van der Waals surface area (Å²) in [7, 11) is 0. The van der Waals surface area contributed by atoms with Gasteiger partial charge < -0.3 is 19.9 Å². The standard InChI is InChI=1S/C26H25N5OS/c1-17-14-22(18(2)30(17)16-19-6-5-12-27-15-19)25-24(23-7-3-4-13-28-23)29-26(33)31(25)20-8-10-21(32)11-9-20/h3-15,24-25,32H,16H2,1-2H3,(H,29,33)/t24-,25-/m0/s1. The molecule has 4 aromatic rings. The first-order chi connectivity index (χ1) is 16.0. The van der Waals surface area contributed by atoms with Crippen LogP contribution in [0.3, 0.4) is 0 Å². The molecule has 33 heavy (non-hydrogen) atoms. The van der Waals surface area contributed by atoms with Crippen LogP contribution in [0.1, 0.15) is 40.3 Å². The summed E-state index contributed by atoms with van der Waals surface area (Å²) in [6, 6.07) is 19.2. The van der Waals surface area contributed by atoms with E-state index >= 15 is 0 Å². The predicted octanol–water partition coefficient (Wildman–Crippen LogP) is 4.83. The number of nitrogens with one attached hydrogen (secondary N) is 1. The lowest BCUT2D eigenvalue weighted by Gasteiger charge is -2.28. The number of rotatable bonds is 5. The molecule has 0 unspecified atom stereocenters. The number of phenols is 1. The van der Waals surface area contributed by atoms with Crippen molar-refractivity contribution in [2.24, 2.45) is 0 Å². The van der Waals surface area contributed by atoms with Crippen LogP contribution >= 0.6 is 12.2 Å². The number of benzene rings is 1. The number of aromatic hydroxyl groups is 1. The minimum absolute atomic E-state index is 0.0919. The van der Waals surface area contributed by atoms with Gasteiger partial charge in [0.1, 0.15) is 5.75 Å². The third-order valence-electron chi connectivity index (χ3n) is 6.22. The molecule has 3 aromatic heterocycles. The maximum absolute atomic E-state index is 9.82. The first-order valence-corrected chi connectivity index (χ1v) is 11.3. The van der Waals surface area contributed by atoms with Gasteiger partial charge in [-0.2, -0.15) is 0 Å². The number of aryl methyl sites for hydroxylation is 1. The molecule has 2 N–H and O–H groups in total. The molecule has 2 atom stereocenters. The molecule has 1 fully saturated rings. The molecular weight excluding hydrogens is 430 g/mol. The number of hydrogen-bond donors (Lipinski definition) is 2. The molecule has 1 aromatic carbocycles. The first-order valence-electron chi connectivity index (χ1n) is 10.9. The highest BCUT2D eigenvalue weighted by Gasteiger charge is 2.42. The fourth-order valence-electron chi connectivity index (χ4n) is 4.61. The highest BCUT2D eigenvalue weighted by molar-refractivity contribution is 7.80. The van der Waals surface area contributed by atoms with Crippen LogP contribution in [0.15, 0.2) is 79.3 Å². The zero-order valence-corrected chi connectivity index (χ0v) is 19.3. The van der Waals surface area contributed by atoms with E-state index < -0.39 is 0 Å². The Labute approximate surface area is 198 Å². The van der Waals surface area contributed by atoms with Gasteiger partial charge in [0.2, 0.25) is 0 Å². The SMILES string of the molecule is Cc1cc([C@H]2[C@H](c3ccccn3)NC(=S)N2c2ccc(O)cc2)c(C)n1Cc1cccnc1. The van der Waals surface area contributed by atoms with Crippen molar-refractivity contribution in [2.45, 2.75) is 32.5 Å². The molecule has 0 radical (unpaired) electrons. The zero-order chi connectivity index (χ0) is 22.9. The zero-order valence-electron chi connectivity index (χ0n) is 18.5. The van der Waals surface area contributed by atoms with Crippen LogP contribution in [0.25, 0.3) is 0 Å². The molecule has 0 bridgehead atoms. The van der Waals surface area contributed by atoms with Crippen LogP contribution in [0, 0.1) is 13.8 Å². The molecule has 1 aliphatic heterocycles. The van der Waals surface area contributed by atoms with E-state index in [4.69, 9.17) is 12.2 Å². The molecule has 7 heteroatoms. The lowest BCUT2D eigenvalue weighted by molar-refractivity contribution is 0.475. The second-order valence-corrected chi connectivity index (χ2v) is 8.67. The second-order valence-electron chi connectivity index (χ2n) is 8.29. The van der Waals surface area contributed by atoms with Gasteiger partial charge in [-0.1, -0.05) is 12.1 Å². The maximum atomic E-state index is 9.82. The number of hydrogen-bond acceptors (Lipinski definition) is 4. The van der Waals surface area contributed by atoms with Crippen molar-refractivity contribution in [1.82, 2.24) is 19.9 Å².